The Bertz CT molecular complexity index is 177. The molecule has 0 fully saturated rings. The van der Waals surface area contributed by atoms with Crippen LogP contribution in [0.2, 0.25) is 0 Å². The summed E-state index contributed by atoms with van der Waals surface area (Å²) in [5, 5.41) is 0. The predicted octanol–water partition coefficient (Wildman–Crippen LogP) is 2.52. The van der Waals surface area contributed by atoms with Crippen molar-refractivity contribution in [3.05, 3.63) is 12.2 Å². The van der Waals surface area contributed by atoms with Gasteiger partial charge in [0.05, 0.1) is 5.57 Å². The van der Waals surface area contributed by atoms with Crippen LogP contribution in [0.4, 0.5) is 13.2 Å². The lowest BCUT2D eigenvalue weighted by Crippen LogP contribution is -2.08. The minimum absolute atomic E-state index is 0.412. The maximum Gasteiger partial charge on any atom is 0.423 e. The van der Waals surface area contributed by atoms with E-state index in [1.807, 2.05) is 5.92 Å². The Morgan fingerprint density at radius 3 is 2.30 bits per heavy atom. The van der Waals surface area contributed by atoms with E-state index >= 15 is 0 Å². The first-order chi connectivity index (χ1) is 4.48. The van der Waals surface area contributed by atoms with E-state index in [4.69, 9.17) is 0 Å². The lowest BCUT2D eigenvalue weighted by Gasteiger charge is -2.01. The van der Waals surface area contributed by atoms with Crippen molar-refractivity contribution in [3.8, 4) is 11.8 Å². The summed E-state index contributed by atoms with van der Waals surface area (Å²) in [5.41, 5.74) is -0.977. The fourth-order valence-corrected chi connectivity index (χ4v) is 0.266. The van der Waals surface area contributed by atoms with Crippen LogP contribution >= 0.6 is 0 Å². The van der Waals surface area contributed by atoms with Gasteiger partial charge in [0.2, 0.25) is 0 Å². The van der Waals surface area contributed by atoms with Gasteiger partial charge in [0.25, 0.3) is 0 Å². The molecule has 0 aliphatic heterocycles. The summed E-state index contributed by atoms with van der Waals surface area (Å²) in [6.07, 6.45) is -3.95. The van der Waals surface area contributed by atoms with Crippen LogP contribution in [0.3, 0.4) is 0 Å². The van der Waals surface area contributed by atoms with Crippen LogP contribution in [-0.2, 0) is 0 Å². The molecule has 0 radical (unpaired) electrons. The zero-order valence-electron chi connectivity index (χ0n) is 5.55. The number of alkyl halides is 3. The highest BCUT2D eigenvalue weighted by molar-refractivity contribution is 5.29. The first-order valence-electron chi connectivity index (χ1n) is 2.73. The Labute approximate surface area is 57.7 Å². The van der Waals surface area contributed by atoms with Crippen molar-refractivity contribution in [2.45, 2.75) is 19.5 Å². The van der Waals surface area contributed by atoms with Gasteiger partial charge in [-0.2, -0.15) is 13.2 Å². The van der Waals surface area contributed by atoms with Gasteiger partial charge in [-0.15, -0.1) is 0 Å². The molecule has 56 valence electrons. The standard InChI is InChI=1S/C7H7F3/c1-3-4-5-6(2)7(8,9)10/h2-3H2,1H3. The van der Waals surface area contributed by atoms with E-state index < -0.39 is 11.7 Å². The van der Waals surface area contributed by atoms with Gasteiger partial charge in [0.15, 0.2) is 0 Å². The van der Waals surface area contributed by atoms with Gasteiger partial charge in [-0.25, -0.2) is 0 Å². The summed E-state index contributed by atoms with van der Waals surface area (Å²) in [7, 11) is 0. The average Bonchev–Trinajstić information content (AvgIpc) is 1.80. The van der Waals surface area contributed by atoms with Crippen molar-refractivity contribution < 1.29 is 13.2 Å². The van der Waals surface area contributed by atoms with Gasteiger partial charge in [-0.3, -0.25) is 0 Å². The SMILES string of the molecule is C=C(C#CCC)C(F)(F)F. The van der Waals surface area contributed by atoms with E-state index in [0.29, 0.717) is 6.42 Å². The molecule has 0 bridgehead atoms. The number of allylic oxidation sites excluding steroid dienone is 1. The first kappa shape index (κ1) is 9.09. The minimum Gasteiger partial charge on any atom is -0.165 e. The van der Waals surface area contributed by atoms with Crippen molar-refractivity contribution in [2.24, 2.45) is 0 Å². The summed E-state index contributed by atoms with van der Waals surface area (Å²) < 4.78 is 34.7. The molecule has 0 amide bonds. The van der Waals surface area contributed by atoms with Gasteiger partial charge in [-0.05, 0) is 0 Å². The zero-order chi connectivity index (χ0) is 8.20. The molecule has 0 rings (SSSR count). The Balaban J connectivity index is 4.12. The third kappa shape index (κ3) is 3.18. The van der Waals surface area contributed by atoms with Crippen LogP contribution in [0, 0.1) is 11.8 Å². The topological polar surface area (TPSA) is 0 Å². The molecule has 0 aromatic carbocycles. The summed E-state index contributed by atoms with van der Waals surface area (Å²) in [5.74, 6) is 4.19. The number of halogens is 3. The first-order valence-corrected chi connectivity index (χ1v) is 2.73. The molecule has 0 saturated heterocycles. The van der Waals surface area contributed by atoms with Crippen molar-refractivity contribution >= 4 is 0 Å². The molecule has 0 aliphatic rings. The van der Waals surface area contributed by atoms with Gasteiger partial charge in [0.1, 0.15) is 0 Å². The van der Waals surface area contributed by atoms with E-state index in [1.54, 1.807) is 6.92 Å². The van der Waals surface area contributed by atoms with Crippen LogP contribution in [0.15, 0.2) is 12.2 Å². The summed E-state index contributed by atoms with van der Waals surface area (Å²) in [6, 6.07) is 0. The van der Waals surface area contributed by atoms with Crippen molar-refractivity contribution in [3.63, 3.8) is 0 Å². The van der Waals surface area contributed by atoms with Gasteiger partial charge < -0.3 is 0 Å². The molecule has 0 aromatic heterocycles. The fraction of sp³-hybridized carbons (Fsp3) is 0.429. The Morgan fingerprint density at radius 2 is 2.00 bits per heavy atom. The Morgan fingerprint density at radius 1 is 1.50 bits per heavy atom. The van der Waals surface area contributed by atoms with Gasteiger partial charge >= 0.3 is 6.18 Å². The second kappa shape index (κ2) is 3.31. The second-order valence-corrected chi connectivity index (χ2v) is 1.63. The van der Waals surface area contributed by atoms with Crippen LogP contribution in [0.5, 0.6) is 0 Å². The lowest BCUT2D eigenvalue weighted by atomic mass is 10.3. The monoisotopic (exact) mass is 148 g/mol. The van der Waals surface area contributed by atoms with E-state index in [1.165, 1.54) is 0 Å². The highest BCUT2D eigenvalue weighted by Crippen LogP contribution is 2.22. The van der Waals surface area contributed by atoms with E-state index in [0.717, 1.165) is 0 Å². The lowest BCUT2D eigenvalue weighted by molar-refractivity contribution is -0.0868. The number of hydrogen-bond acceptors (Lipinski definition) is 0. The molecule has 0 N–H and O–H groups in total. The Hall–Kier alpha value is -0.910. The molecule has 0 saturated carbocycles. The normalized spacial score (nSPS) is 10.0. The molecular weight excluding hydrogens is 141 g/mol. The molecule has 0 heterocycles. The van der Waals surface area contributed by atoms with Crippen LogP contribution in [-0.4, -0.2) is 6.18 Å². The van der Waals surface area contributed by atoms with E-state index in [-0.39, 0.29) is 0 Å². The number of hydrogen-bond donors (Lipinski definition) is 0. The summed E-state index contributed by atoms with van der Waals surface area (Å²) >= 11 is 0. The second-order valence-electron chi connectivity index (χ2n) is 1.63. The van der Waals surface area contributed by atoms with Gasteiger partial charge in [-0.1, -0.05) is 25.3 Å². The van der Waals surface area contributed by atoms with E-state index in [2.05, 4.69) is 12.5 Å². The minimum atomic E-state index is -4.36. The molecule has 0 spiro atoms. The quantitative estimate of drug-likeness (QED) is 0.463. The highest BCUT2D eigenvalue weighted by atomic mass is 19.4. The molecule has 3 heteroatoms. The molecule has 0 unspecified atom stereocenters. The molecule has 0 aromatic rings. The Kier molecular flexibility index (Phi) is 3.01. The molecule has 0 nitrogen and oxygen atoms in total. The van der Waals surface area contributed by atoms with Gasteiger partial charge in [0, 0.05) is 6.42 Å². The molecule has 10 heavy (non-hydrogen) atoms. The van der Waals surface area contributed by atoms with E-state index in [9.17, 15) is 13.2 Å². The number of rotatable bonds is 0. The third-order valence-electron chi connectivity index (χ3n) is 0.758. The summed E-state index contributed by atoms with van der Waals surface area (Å²) in [6.45, 7) is 4.44. The van der Waals surface area contributed by atoms with Crippen molar-refractivity contribution in [1.82, 2.24) is 0 Å². The molecule has 0 atom stereocenters. The van der Waals surface area contributed by atoms with Crippen LogP contribution < -0.4 is 0 Å². The summed E-state index contributed by atoms with van der Waals surface area (Å²) in [4.78, 5) is 0. The average molecular weight is 148 g/mol. The maximum absolute atomic E-state index is 11.6. The molecule has 0 aliphatic carbocycles. The van der Waals surface area contributed by atoms with Crippen LogP contribution in [0.1, 0.15) is 13.3 Å². The largest absolute Gasteiger partial charge is 0.423 e. The fourth-order valence-electron chi connectivity index (χ4n) is 0.266. The maximum atomic E-state index is 11.6. The third-order valence-corrected chi connectivity index (χ3v) is 0.758. The zero-order valence-corrected chi connectivity index (χ0v) is 5.55. The predicted molar refractivity (Wildman–Crippen MR) is 33.3 cm³/mol. The van der Waals surface area contributed by atoms with Crippen molar-refractivity contribution in [2.75, 3.05) is 0 Å². The smallest absolute Gasteiger partial charge is 0.165 e. The highest BCUT2D eigenvalue weighted by Gasteiger charge is 2.30. The molecular formula is C7H7F3. The van der Waals surface area contributed by atoms with Crippen LogP contribution in [0.25, 0.3) is 0 Å². The van der Waals surface area contributed by atoms with Crippen molar-refractivity contribution in [1.29, 1.82) is 0 Å².